The second-order valence-corrected chi connectivity index (χ2v) is 4.45. The van der Waals surface area contributed by atoms with Crippen LogP contribution in [-0.2, 0) is 0 Å². The van der Waals surface area contributed by atoms with E-state index in [1.807, 2.05) is 37.4 Å². The first kappa shape index (κ1) is 11.9. The van der Waals surface area contributed by atoms with Crippen LogP contribution in [0.5, 0.6) is 5.75 Å². The molecule has 0 amide bonds. The van der Waals surface area contributed by atoms with E-state index in [4.69, 9.17) is 4.74 Å². The summed E-state index contributed by atoms with van der Waals surface area (Å²) in [5, 5.41) is 3.09. The summed E-state index contributed by atoms with van der Waals surface area (Å²) in [7, 11) is 3.52. The van der Waals surface area contributed by atoms with Gasteiger partial charge in [0, 0.05) is 23.3 Å². The minimum absolute atomic E-state index is 0.838. The van der Waals surface area contributed by atoms with Crippen molar-refractivity contribution in [2.45, 2.75) is 0 Å². The molecule has 0 bridgehead atoms. The zero-order valence-corrected chi connectivity index (χ0v) is 11.3. The van der Waals surface area contributed by atoms with Gasteiger partial charge >= 0.3 is 0 Å². The summed E-state index contributed by atoms with van der Waals surface area (Å²) in [4.78, 5) is 4.33. The largest absolute Gasteiger partial charge is 0.497 e. The molecule has 0 saturated heterocycles. The fourth-order valence-electron chi connectivity index (χ4n) is 1.65. The number of halogens is 1. The number of methoxy groups -OCH3 is 1. The molecule has 0 aliphatic carbocycles. The first-order chi connectivity index (χ1) is 8.24. The molecule has 2 rings (SSSR count). The Balaban J connectivity index is 2.54. The number of pyridine rings is 1. The van der Waals surface area contributed by atoms with Crippen LogP contribution in [0.15, 0.2) is 41.0 Å². The third kappa shape index (κ3) is 2.58. The predicted molar refractivity (Wildman–Crippen MR) is 73.5 cm³/mol. The van der Waals surface area contributed by atoms with Crippen LogP contribution in [-0.4, -0.2) is 19.1 Å². The summed E-state index contributed by atoms with van der Waals surface area (Å²) in [6, 6.07) is 9.95. The Hall–Kier alpha value is -1.55. The summed E-state index contributed by atoms with van der Waals surface area (Å²) < 4.78 is 6.18. The maximum Gasteiger partial charge on any atom is 0.133 e. The van der Waals surface area contributed by atoms with Crippen molar-refractivity contribution in [2.75, 3.05) is 19.5 Å². The van der Waals surface area contributed by atoms with E-state index in [1.165, 1.54) is 0 Å². The Morgan fingerprint density at radius 1 is 1.29 bits per heavy atom. The lowest BCUT2D eigenvalue weighted by molar-refractivity contribution is 0.415. The van der Waals surface area contributed by atoms with Gasteiger partial charge in [0.1, 0.15) is 11.6 Å². The topological polar surface area (TPSA) is 34.2 Å². The molecule has 0 unspecified atom stereocenters. The Bertz CT molecular complexity index is 529. The van der Waals surface area contributed by atoms with Crippen LogP contribution in [0.25, 0.3) is 11.1 Å². The van der Waals surface area contributed by atoms with Crippen molar-refractivity contribution < 1.29 is 4.74 Å². The third-order valence-corrected chi connectivity index (χ3v) is 2.91. The number of hydrogen-bond donors (Lipinski definition) is 1. The van der Waals surface area contributed by atoms with Gasteiger partial charge in [-0.15, -0.1) is 0 Å². The maximum atomic E-state index is 5.23. The summed E-state index contributed by atoms with van der Waals surface area (Å²) in [5.41, 5.74) is 2.11. The van der Waals surface area contributed by atoms with Crippen LogP contribution < -0.4 is 10.1 Å². The number of aromatic nitrogens is 1. The summed E-state index contributed by atoms with van der Waals surface area (Å²) in [6.07, 6.45) is 1.77. The van der Waals surface area contributed by atoms with Gasteiger partial charge in [-0.1, -0.05) is 12.1 Å². The second kappa shape index (κ2) is 5.19. The molecule has 1 heterocycles. The Morgan fingerprint density at radius 3 is 2.82 bits per heavy atom. The zero-order valence-electron chi connectivity index (χ0n) is 9.70. The zero-order chi connectivity index (χ0) is 12.3. The van der Waals surface area contributed by atoms with E-state index in [0.29, 0.717) is 0 Å². The van der Waals surface area contributed by atoms with E-state index in [0.717, 1.165) is 27.2 Å². The Kier molecular flexibility index (Phi) is 3.64. The van der Waals surface area contributed by atoms with Gasteiger partial charge in [0.15, 0.2) is 0 Å². The number of nitrogens with zero attached hydrogens (tertiary/aromatic N) is 1. The van der Waals surface area contributed by atoms with E-state index >= 15 is 0 Å². The minimum atomic E-state index is 0.838. The molecule has 3 nitrogen and oxygen atoms in total. The molecule has 4 heteroatoms. The predicted octanol–water partition coefficient (Wildman–Crippen LogP) is 3.56. The highest BCUT2D eigenvalue weighted by Gasteiger charge is 2.07. The fraction of sp³-hybridized carbons (Fsp3) is 0.154. The highest BCUT2D eigenvalue weighted by molar-refractivity contribution is 9.10. The number of benzene rings is 1. The molecule has 0 aliphatic heterocycles. The van der Waals surface area contributed by atoms with Gasteiger partial charge in [-0.25, -0.2) is 4.98 Å². The minimum Gasteiger partial charge on any atom is -0.497 e. The molecule has 2 aromatic rings. The lowest BCUT2D eigenvalue weighted by Gasteiger charge is -2.09. The second-order valence-electron chi connectivity index (χ2n) is 3.53. The van der Waals surface area contributed by atoms with Gasteiger partial charge in [-0.3, -0.25) is 0 Å². The van der Waals surface area contributed by atoms with Crippen LogP contribution in [0.2, 0.25) is 0 Å². The molecule has 1 aromatic heterocycles. The van der Waals surface area contributed by atoms with Crippen molar-refractivity contribution in [1.29, 1.82) is 0 Å². The summed E-state index contributed by atoms with van der Waals surface area (Å²) in [5.74, 6) is 1.69. The van der Waals surface area contributed by atoms with E-state index in [-0.39, 0.29) is 0 Å². The Morgan fingerprint density at radius 2 is 2.12 bits per heavy atom. The standard InChI is InChI=1S/C13H13BrN2O/c1-15-13-12(7-10(14)8-16-13)9-4-3-5-11(6-9)17-2/h3-8H,1-2H3,(H,15,16). The van der Waals surface area contributed by atoms with Crippen molar-refractivity contribution >= 4 is 21.7 Å². The SMILES string of the molecule is CNc1ncc(Br)cc1-c1cccc(OC)c1. The van der Waals surface area contributed by atoms with Crippen molar-refractivity contribution in [3.8, 4) is 16.9 Å². The van der Waals surface area contributed by atoms with Gasteiger partial charge < -0.3 is 10.1 Å². The highest BCUT2D eigenvalue weighted by atomic mass is 79.9. The lowest BCUT2D eigenvalue weighted by Crippen LogP contribution is -1.95. The molecule has 0 aliphatic rings. The number of anilines is 1. The molecule has 0 spiro atoms. The van der Waals surface area contributed by atoms with Crippen molar-refractivity contribution in [2.24, 2.45) is 0 Å². The van der Waals surface area contributed by atoms with Gasteiger partial charge in [-0.05, 0) is 39.7 Å². The molecule has 0 saturated carbocycles. The van der Waals surface area contributed by atoms with E-state index in [2.05, 4.69) is 26.2 Å². The number of nitrogens with one attached hydrogen (secondary N) is 1. The smallest absolute Gasteiger partial charge is 0.133 e. The molecule has 1 N–H and O–H groups in total. The van der Waals surface area contributed by atoms with Gasteiger partial charge in [0.25, 0.3) is 0 Å². The summed E-state index contributed by atoms with van der Waals surface area (Å²) in [6.45, 7) is 0. The number of rotatable bonds is 3. The van der Waals surface area contributed by atoms with Crippen molar-refractivity contribution in [3.63, 3.8) is 0 Å². The van der Waals surface area contributed by atoms with Crippen LogP contribution in [0, 0.1) is 0 Å². The third-order valence-electron chi connectivity index (χ3n) is 2.47. The quantitative estimate of drug-likeness (QED) is 0.939. The molecule has 0 atom stereocenters. The molecule has 0 fully saturated rings. The average Bonchev–Trinajstić information content (AvgIpc) is 2.39. The molecular formula is C13H13BrN2O. The molecule has 0 radical (unpaired) electrons. The number of hydrogen-bond acceptors (Lipinski definition) is 3. The normalized spacial score (nSPS) is 10.1. The van der Waals surface area contributed by atoms with E-state index < -0.39 is 0 Å². The lowest BCUT2D eigenvalue weighted by atomic mass is 10.1. The van der Waals surface area contributed by atoms with Gasteiger partial charge in [0.2, 0.25) is 0 Å². The van der Waals surface area contributed by atoms with Crippen LogP contribution in [0.1, 0.15) is 0 Å². The van der Waals surface area contributed by atoms with Crippen LogP contribution >= 0.6 is 15.9 Å². The first-order valence-corrected chi connectivity index (χ1v) is 6.01. The van der Waals surface area contributed by atoms with E-state index in [1.54, 1.807) is 13.3 Å². The summed E-state index contributed by atoms with van der Waals surface area (Å²) >= 11 is 3.44. The first-order valence-electron chi connectivity index (χ1n) is 5.22. The average molecular weight is 293 g/mol. The van der Waals surface area contributed by atoms with Crippen molar-refractivity contribution in [1.82, 2.24) is 4.98 Å². The highest BCUT2D eigenvalue weighted by Crippen LogP contribution is 2.30. The van der Waals surface area contributed by atoms with Crippen LogP contribution in [0.4, 0.5) is 5.82 Å². The molecule has 1 aromatic carbocycles. The van der Waals surface area contributed by atoms with Gasteiger partial charge in [-0.2, -0.15) is 0 Å². The van der Waals surface area contributed by atoms with Crippen molar-refractivity contribution in [3.05, 3.63) is 41.0 Å². The fourth-order valence-corrected chi connectivity index (χ4v) is 1.98. The number of ether oxygens (including phenoxy) is 1. The molecule has 88 valence electrons. The van der Waals surface area contributed by atoms with E-state index in [9.17, 15) is 0 Å². The maximum absolute atomic E-state index is 5.23. The Labute approximate surface area is 109 Å². The monoisotopic (exact) mass is 292 g/mol. The van der Waals surface area contributed by atoms with Gasteiger partial charge in [0.05, 0.1) is 7.11 Å². The van der Waals surface area contributed by atoms with Crippen LogP contribution in [0.3, 0.4) is 0 Å². The molecular weight excluding hydrogens is 280 g/mol. The molecule has 17 heavy (non-hydrogen) atoms.